The molecule has 0 saturated heterocycles. The van der Waals surface area contributed by atoms with Gasteiger partial charge in [0.2, 0.25) is 5.91 Å². The van der Waals surface area contributed by atoms with Crippen LogP contribution in [-0.4, -0.2) is 23.3 Å². The molecule has 7 nitrogen and oxygen atoms in total. The Kier molecular flexibility index (Phi) is 7.26. The average molecular weight is 415 g/mol. The smallest absolute Gasteiger partial charge is 0.276 e. The molecule has 0 heterocycles. The summed E-state index contributed by atoms with van der Waals surface area (Å²) in [6.07, 6.45) is 3.27. The maximum Gasteiger partial charge on any atom is 0.276 e. The van der Waals surface area contributed by atoms with E-state index in [9.17, 15) is 19.7 Å². The SMILES string of the molecule is O=C(C=Cc1ccccc1[N+](=O)[O-])Nc1ccccc1C(=O)NCCc1ccccc1. The van der Waals surface area contributed by atoms with Crippen molar-refractivity contribution in [2.45, 2.75) is 6.42 Å². The van der Waals surface area contributed by atoms with Crippen molar-refractivity contribution in [3.05, 3.63) is 112 Å². The highest BCUT2D eigenvalue weighted by Crippen LogP contribution is 2.19. The van der Waals surface area contributed by atoms with Crippen molar-refractivity contribution in [2.24, 2.45) is 0 Å². The van der Waals surface area contributed by atoms with Crippen LogP contribution in [0.1, 0.15) is 21.5 Å². The molecule has 0 saturated carbocycles. The molecule has 0 aliphatic heterocycles. The minimum absolute atomic E-state index is 0.0928. The number of anilines is 1. The van der Waals surface area contributed by atoms with Crippen LogP contribution in [0, 0.1) is 10.1 Å². The standard InChI is InChI=1S/C24H21N3O4/c28-23(15-14-19-10-4-7-13-22(19)27(30)31)26-21-12-6-5-11-20(21)24(29)25-17-16-18-8-2-1-3-9-18/h1-15H,16-17H2,(H,25,29)(H,26,28). The van der Waals surface area contributed by atoms with E-state index < -0.39 is 10.8 Å². The Morgan fingerprint density at radius 1 is 0.903 bits per heavy atom. The second kappa shape index (κ2) is 10.5. The highest BCUT2D eigenvalue weighted by molar-refractivity contribution is 6.07. The number of hydrogen-bond acceptors (Lipinski definition) is 4. The highest BCUT2D eigenvalue weighted by Gasteiger charge is 2.13. The van der Waals surface area contributed by atoms with E-state index in [0.29, 0.717) is 29.8 Å². The molecule has 0 aromatic heterocycles. The summed E-state index contributed by atoms with van der Waals surface area (Å²) in [5.74, 6) is -0.794. The molecule has 156 valence electrons. The Balaban J connectivity index is 1.64. The molecule has 0 fully saturated rings. The van der Waals surface area contributed by atoms with Crippen molar-refractivity contribution in [3.8, 4) is 0 Å². The largest absolute Gasteiger partial charge is 0.352 e. The van der Waals surface area contributed by atoms with Crippen LogP contribution in [0.5, 0.6) is 0 Å². The first kappa shape index (κ1) is 21.4. The van der Waals surface area contributed by atoms with Crippen LogP contribution in [0.4, 0.5) is 11.4 Å². The number of carbonyl (C=O) groups excluding carboxylic acids is 2. The van der Waals surface area contributed by atoms with Crippen molar-refractivity contribution < 1.29 is 14.5 Å². The van der Waals surface area contributed by atoms with Crippen molar-refractivity contribution in [3.63, 3.8) is 0 Å². The second-order valence-electron chi connectivity index (χ2n) is 6.68. The molecule has 31 heavy (non-hydrogen) atoms. The molecule has 7 heteroatoms. The molecule has 3 aromatic rings. The normalized spacial score (nSPS) is 10.6. The van der Waals surface area contributed by atoms with Gasteiger partial charge in [0, 0.05) is 18.7 Å². The predicted octanol–water partition coefficient (Wildman–Crippen LogP) is 4.22. The van der Waals surface area contributed by atoms with Gasteiger partial charge in [-0.15, -0.1) is 0 Å². The number of nitrogens with one attached hydrogen (secondary N) is 2. The van der Waals surface area contributed by atoms with Gasteiger partial charge in [-0.25, -0.2) is 0 Å². The van der Waals surface area contributed by atoms with E-state index in [0.717, 1.165) is 5.56 Å². The molecule has 0 unspecified atom stereocenters. The Labute approximate surface area is 179 Å². The van der Waals surface area contributed by atoms with E-state index in [1.165, 1.54) is 18.2 Å². The summed E-state index contributed by atoms with van der Waals surface area (Å²) < 4.78 is 0. The monoisotopic (exact) mass is 415 g/mol. The van der Waals surface area contributed by atoms with Gasteiger partial charge in [0.05, 0.1) is 21.7 Å². The lowest BCUT2D eigenvalue weighted by molar-refractivity contribution is -0.385. The van der Waals surface area contributed by atoms with Gasteiger partial charge in [-0.05, 0) is 36.3 Å². The van der Waals surface area contributed by atoms with Crippen molar-refractivity contribution in [1.29, 1.82) is 0 Å². The van der Waals surface area contributed by atoms with Gasteiger partial charge in [-0.3, -0.25) is 19.7 Å². The Morgan fingerprint density at radius 2 is 1.58 bits per heavy atom. The second-order valence-corrected chi connectivity index (χ2v) is 6.68. The van der Waals surface area contributed by atoms with Crippen LogP contribution in [0.2, 0.25) is 0 Å². The molecule has 2 N–H and O–H groups in total. The number of amides is 2. The summed E-state index contributed by atoms with van der Waals surface area (Å²) in [6, 6.07) is 22.6. The molecular weight excluding hydrogens is 394 g/mol. The Morgan fingerprint density at radius 3 is 2.35 bits per heavy atom. The topological polar surface area (TPSA) is 101 Å². The Hall–Kier alpha value is -4.26. The lowest BCUT2D eigenvalue weighted by Gasteiger charge is -2.10. The van der Waals surface area contributed by atoms with Crippen LogP contribution < -0.4 is 10.6 Å². The summed E-state index contributed by atoms with van der Waals surface area (Å²) >= 11 is 0. The fourth-order valence-corrected chi connectivity index (χ4v) is 2.98. The predicted molar refractivity (Wildman–Crippen MR) is 120 cm³/mol. The molecule has 3 aromatic carbocycles. The summed E-state index contributed by atoms with van der Waals surface area (Å²) in [4.78, 5) is 35.5. The molecule has 0 spiro atoms. The summed E-state index contributed by atoms with van der Waals surface area (Å²) in [5.41, 5.74) is 2.03. The molecule has 3 rings (SSSR count). The first-order chi connectivity index (χ1) is 15.0. The maximum atomic E-state index is 12.6. The van der Waals surface area contributed by atoms with Gasteiger partial charge in [0.25, 0.3) is 11.6 Å². The number of nitro groups is 1. The summed E-state index contributed by atoms with van der Waals surface area (Å²) in [7, 11) is 0. The van der Waals surface area contributed by atoms with Crippen molar-refractivity contribution >= 4 is 29.3 Å². The molecule has 0 atom stereocenters. The van der Waals surface area contributed by atoms with Gasteiger partial charge >= 0.3 is 0 Å². The first-order valence-corrected chi connectivity index (χ1v) is 9.68. The number of rotatable bonds is 8. The van der Waals surface area contributed by atoms with Crippen LogP contribution in [0.25, 0.3) is 6.08 Å². The van der Waals surface area contributed by atoms with E-state index in [2.05, 4.69) is 10.6 Å². The number of para-hydroxylation sites is 2. The van der Waals surface area contributed by atoms with Gasteiger partial charge in [0.15, 0.2) is 0 Å². The number of nitro benzene ring substituents is 1. The van der Waals surface area contributed by atoms with Crippen LogP contribution >= 0.6 is 0 Å². The van der Waals surface area contributed by atoms with Crippen LogP contribution in [-0.2, 0) is 11.2 Å². The third-order valence-electron chi connectivity index (χ3n) is 4.52. The number of benzene rings is 3. The molecule has 2 amide bonds. The molecule has 0 bridgehead atoms. The molecular formula is C24H21N3O4. The minimum Gasteiger partial charge on any atom is -0.352 e. The molecule has 0 aliphatic rings. The van der Waals surface area contributed by atoms with Crippen LogP contribution in [0.3, 0.4) is 0 Å². The molecule has 0 aliphatic carbocycles. The Bertz CT molecular complexity index is 1110. The number of carbonyl (C=O) groups is 2. The lowest BCUT2D eigenvalue weighted by Crippen LogP contribution is -2.27. The van der Waals surface area contributed by atoms with E-state index in [-0.39, 0.29) is 11.6 Å². The third kappa shape index (κ3) is 6.11. The van der Waals surface area contributed by atoms with E-state index >= 15 is 0 Å². The quantitative estimate of drug-likeness (QED) is 0.327. The fourth-order valence-electron chi connectivity index (χ4n) is 2.98. The zero-order valence-corrected chi connectivity index (χ0v) is 16.7. The van der Waals surface area contributed by atoms with E-state index in [4.69, 9.17) is 0 Å². The fraction of sp³-hybridized carbons (Fsp3) is 0.0833. The van der Waals surface area contributed by atoms with Gasteiger partial charge < -0.3 is 10.6 Å². The van der Waals surface area contributed by atoms with Gasteiger partial charge in [0.1, 0.15) is 0 Å². The minimum atomic E-state index is -0.507. The van der Waals surface area contributed by atoms with Gasteiger partial charge in [-0.2, -0.15) is 0 Å². The van der Waals surface area contributed by atoms with E-state index in [1.54, 1.807) is 42.5 Å². The molecule has 0 radical (unpaired) electrons. The third-order valence-corrected chi connectivity index (χ3v) is 4.52. The zero-order valence-electron chi connectivity index (χ0n) is 16.7. The summed E-state index contributed by atoms with van der Waals surface area (Å²) in [5, 5.41) is 16.6. The number of nitrogens with zero attached hydrogens (tertiary/aromatic N) is 1. The van der Waals surface area contributed by atoms with E-state index in [1.807, 2.05) is 30.3 Å². The van der Waals surface area contributed by atoms with Crippen LogP contribution in [0.15, 0.2) is 84.9 Å². The highest BCUT2D eigenvalue weighted by atomic mass is 16.6. The van der Waals surface area contributed by atoms with Gasteiger partial charge in [-0.1, -0.05) is 54.6 Å². The number of hydrogen-bond donors (Lipinski definition) is 2. The zero-order chi connectivity index (χ0) is 22.1. The maximum absolute atomic E-state index is 12.6. The average Bonchev–Trinajstić information content (AvgIpc) is 2.79. The van der Waals surface area contributed by atoms with Crippen molar-refractivity contribution in [2.75, 3.05) is 11.9 Å². The lowest BCUT2D eigenvalue weighted by atomic mass is 10.1. The first-order valence-electron chi connectivity index (χ1n) is 9.68. The summed E-state index contributed by atoms with van der Waals surface area (Å²) in [6.45, 7) is 0.461. The van der Waals surface area contributed by atoms with Crippen molar-refractivity contribution in [1.82, 2.24) is 5.32 Å².